The molecule has 4 aliphatic rings. The fraction of sp³-hybridized carbons (Fsp3) is 0.489. The van der Waals surface area contributed by atoms with Crippen LogP contribution in [0, 0.1) is 0 Å². The zero-order chi connectivity index (χ0) is 87.5. The fourth-order valence-corrected chi connectivity index (χ4v) is 19.0. The van der Waals surface area contributed by atoms with Crippen LogP contribution in [0.3, 0.4) is 0 Å². The summed E-state index contributed by atoms with van der Waals surface area (Å²) in [6, 6.07) is 35.7. The van der Waals surface area contributed by atoms with Crippen molar-refractivity contribution in [1.82, 2.24) is 4.98 Å². The molecule has 0 radical (unpaired) electrons. The summed E-state index contributed by atoms with van der Waals surface area (Å²) in [6.07, 6.45) is 18.5. The Labute approximate surface area is 720 Å². The first kappa shape index (κ1) is 95.7. The lowest BCUT2D eigenvalue weighted by atomic mass is 9.92. The van der Waals surface area contributed by atoms with E-state index >= 15 is 0 Å². The molecule has 29 heteroatoms. The number of unbranched alkanes of at least 4 members (excludes halogenated alkanes) is 8. The number of rotatable bonds is 44. The van der Waals surface area contributed by atoms with Gasteiger partial charge in [0.1, 0.15) is 19.5 Å². The molecule has 0 bridgehead atoms. The number of aryl methyl sites for hydroxylation is 4. The molecule has 7 N–H and O–H groups in total. The number of carbonyl (C=O) groups is 8. The lowest BCUT2D eigenvalue weighted by Gasteiger charge is -2.41. The first-order valence-corrected chi connectivity index (χ1v) is 45.5. The van der Waals surface area contributed by atoms with Gasteiger partial charge in [-0.1, -0.05) is 141 Å². The van der Waals surface area contributed by atoms with Crippen LogP contribution in [0.5, 0.6) is 0 Å². The summed E-state index contributed by atoms with van der Waals surface area (Å²) in [5, 5.41) is 67.9. The van der Waals surface area contributed by atoms with Crippen molar-refractivity contribution in [3.63, 3.8) is 0 Å². The average Bonchev–Trinajstić information content (AvgIpc) is 1.57. The van der Waals surface area contributed by atoms with Gasteiger partial charge in [0.15, 0.2) is 0 Å². The monoisotopic (exact) mass is 1750 g/mol. The van der Waals surface area contributed by atoms with Crippen LogP contribution in [0.15, 0.2) is 134 Å². The predicted octanol–water partition coefficient (Wildman–Crippen LogP) is 22.2. The Morgan fingerprint density at radius 2 is 0.777 bits per heavy atom. The van der Waals surface area contributed by atoms with E-state index in [0.717, 1.165) is 183 Å². The zero-order valence-electron chi connectivity index (χ0n) is 69.0. The second-order valence-corrected chi connectivity index (χ2v) is 36.0. The highest BCUT2D eigenvalue weighted by Crippen LogP contribution is 2.43. The van der Waals surface area contributed by atoms with Crippen molar-refractivity contribution in [1.29, 1.82) is 0 Å². The van der Waals surface area contributed by atoms with E-state index < -0.39 is 59.9 Å². The Kier molecular flexibility index (Phi) is 36.7. The molecular formula is C92H112F5N5O15S4. The molecule has 4 saturated heterocycles. The molecule has 4 aliphatic heterocycles. The molecule has 4 aromatic carbocycles. The lowest BCUT2D eigenvalue weighted by molar-refractivity contribution is -0.139. The highest BCUT2D eigenvalue weighted by molar-refractivity contribution is 7.14. The van der Waals surface area contributed by atoms with Crippen LogP contribution in [0.4, 0.5) is 44.7 Å². The van der Waals surface area contributed by atoms with Gasteiger partial charge in [0.05, 0.1) is 35.1 Å². The minimum absolute atomic E-state index is 0.00111. The number of thiophene rings is 3. The number of aromatic carboxylic acids is 4. The topological polar surface area (TPSA) is 304 Å². The maximum Gasteiger partial charge on any atom is 0.416 e. The third-order valence-corrected chi connectivity index (χ3v) is 26.8. The molecule has 3 unspecified atom stereocenters. The Bertz CT molecular complexity index is 4720. The van der Waals surface area contributed by atoms with Crippen molar-refractivity contribution in [2.45, 2.75) is 288 Å². The maximum absolute atomic E-state index is 14.3. The van der Waals surface area contributed by atoms with E-state index in [9.17, 15) is 75.6 Å². The van der Waals surface area contributed by atoms with E-state index in [1.807, 2.05) is 84.3 Å². The number of hydrogen-bond donors (Lipinski definition) is 7. The minimum Gasteiger partial charge on any atom is -0.477 e. The van der Waals surface area contributed by atoms with Crippen LogP contribution in [0.1, 0.15) is 312 Å². The predicted molar refractivity (Wildman–Crippen MR) is 464 cm³/mol. The average molecular weight is 1750 g/mol. The molecule has 4 aromatic heterocycles. The number of thiazole rings is 1. The maximum atomic E-state index is 14.3. The van der Waals surface area contributed by atoms with Gasteiger partial charge in [-0.2, -0.15) is 13.2 Å². The largest absolute Gasteiger partial charge is 0.477 e. The number of carboxylic acid groups (broad SMARTS) is 4. The van der Waals surface area contributed by atoms with E-state index in [2.05, 4.69) is 18.8 Å². The molecular weight excluding hydrogens is 1640 g/mol. The number of aromatic nitrogens is 1. The highest BCUT2D eigenvalue weighted by atomic mass is 32.1. The fourth-order valence-electron chi connectivity index (χ4n) is 15.5. The van der Waals surface area contributed by atoms with Crippen LogP contribution in [-0.4, -0.2) is 112 Å². The summed E-state index contributed by atoms with van der Waals surface area (Å²) in [5.74, 6) is -6.53. The second-order valence-electron chi connectivity index (χ2n) is 31.4. The van der Waals surface area contributed by atoms with Crippen LogP contribution in [-0.2, 0) is 57.0 Å². The van der Waals surface area contributed by atoms with E-state index in [0.29, 0.717) is 66.8 Å². The molecule has 654 valence electrons. The van der Waals surface area contributed by atoms with Crippen LogP contribution >= 0.6 is 45.3 Å². The van der Waals surface area contributed by atoms with Gasteiger partial charge in [0.2, 0.25) is 23.6 Å². The molecule has 4 amide bonds. The first-order valence-electron chi connectivity index (χ1n) is 42.3. The Hall–Kier alpha value is -9.10. The van der Waals surface area contributed by atoms with Gasteiger partial charge in [-0.25, -0.2) is 32.9 Å². The summed E-state index contributed by atoms with van der Waals surface area (Å²) in [6.45, 7) is 8.26. The number of benzene rings is 4. The number of halogens is 5. The number of aliphatic hydroxyl groups excluding tert-OH is 3. The van der Waals surface area contributed by atoms with Gasteiger partial charge < -0.3 is 55.3 Å². The van der Waals surface area contributed by atoms with Gasteiger partial charge >= 0.3 is 30.1 Å². The van der Waals surface area contributed by atoms with E-state index in [1.54, 1.807) is 41.3 Å². The molecule has 7 atom stereocenters. The summed E-state index contributed by atoms with van der Waals surface area (Å²) >= 11 is 5.01. The molecule has 8 aromatic rings. The molecule has 12 rings (SSSR count). The van der Waals surface area contributed by atoms with Gasteiger partial charge in [-0.05, 0) is 204 Å². The van der Waals surface area contributed by atoms with Crippen LogP contribution < -0.4 is 19.6 Å². The Morgan fingerprint density at radius 1 is 0.405 bits per heavy atom. The molecule has 121 heavy (non-hydrogen) atoms. The summed E-state index contributed by atoms with van der Waals surface area (Å²) < 4.78 is 69.9. The van der Waals surface area contributed by atoms with Gasteiger partial charge in [-0.15, -0.1) is 45.3 Å². The summed E-state index contributed by atoms with van der Waals surface area (Å²) in [7, 11) is 0. The van der Waals surface area contributed by atoms with Crippen molar-refractivity contribution in [2.75, 3.05) is 19.6 Å². The van der Waals surface area contributed by atoms with Crippen molar-refractivity contribution in [3.8, 4) is 0 Å². The van der Waals surface area contributed by atoms with Gasteiger partial charge in [0, 0.05) is 99.2 Å². The van der Waals surface area contributed by atoms with Crippen molar-refractivity contribution < 1.29 is 96.1 Å². The SMILES string of the molecule is CCCCCC(F)(F)c1ccc(N2C(=O)C[C@@H]2CCCc2ccc(C(=O)O)s2)cc1.CCCCCC(O)c1ccc(N2C(=O)C[C@@H]2CCCc2ccc(C(=O)O)s2)cc1C(F)(F)F.CCCCCC(O)c1ccc(N2C(=O)C[C@@H]2CCCc2ncc(C(=O)O)s2)cc1.CCCCCC(O)c1cccc(N2C(=O)C[C@@H]2CCCc2ccc(C(=O)O)s2)c1. The van der Waals surface area contributed by atoms with E-state index in [4.69, 9.17) is 20.4 Å². The number of anilines is 4. The number of carboxylic acids is 4. The molecule has 20 nitrogen and oxygen atoms in total. The Morgan fingerprint density at radius 3 is 1.17 bits per heavy atom. The third kappa shape index (κ3) is 27.4. The summed E-state index contributed by atoms with van der Waals surface area (Å²) in [4.78, 5) is 108. The number of carbonyl (C=O) groups excluding carboxylic acids is 4. The van der Waals surface area contributed by atoms with Crippen molar-refractivity contribution >= 4 is 116 Å². The number of alkyl halides is 5. The minimum atomic E-state index is -4.64. The van der Waals surface area contributed by atoms with E-state index in [-0.39, 0.29) is 93.6 Å². The lowest BCUT2D eigenvalue weighted by Crippen LogP contribution is -2.53. The Balaban J connectivity index is 0.000000184. The molecule has 0 spiro atoms. The molecule has 4 fully saturated rings. The number of β-lactam (4-membered cyclic amide) rings is 4. The summed E-state index contributed by atoms with van der Waals surface area (Å²) in [5.41, 5.74) is 3.30. The number of amides is 4. The molecule has 0 aliphatic carbocycles. The number of aliphatic hydroxyl groups is 3. The first-order chi connectivity index (χ1) is 57.9. The quantitative estimate of drug-likeness (QED) is 0.0106. The van der Waals surface area contributed by atoms with Crippen molar-refractivity contribution in [3.05, 3.63) is 201 Å². The smallest absolute Gasteiger partial charge is 0.416 e. The number of nitrogens with zero attached hydrogens (tertiary/aromatic N) is 5. The second kappa shape index (κ2) is 46.4. The zero-order valence-corrected chi connectivity index (χ0v) is 72.3. The normalized spacial score (nSPS) is 17.1. The van der Waals surface area contributed by atoms with Crippen LogP contribution in [0.2, 0.25) is 0 Å². The molecule has 8 heterocycles. The van der Waals surface area contributed by atoms with Crippen molar-refractivity contribution in [2.24, 2.45) is 0 Å². The third-order valence-electron chi connectivity index (χ3n) is 22.3. The standard InChI is InChI=1S/C24H28F3NO4S.C23H27F2NO3S.C23H29NO4S.C22H28N2O4S/c1-2-3-4-8-20(29)18-11-9-16(13-19(18)24(25,26)27)28-15(14-22(28)30)6-5-7-17-10-12-21(33-17)23(31)32;1-2-3-4-14-23(24,25)16-8-10-17(11-9-16)26-18(15-21(26)27)6-5-7-19-12-13-20(30-19)22(28)29;1-2-3-4-11-20(25)16-7-5-8-17(14-16)24-18(15-22(24)26)9-6-10-19-12-13-21(29-19)23(27)28;1-2-3-4-7-18(25)15-9-11-16(12-10-15)24-17(13-21(24)26)6-5-8-20-23-14-19(29-20)22(27)28/h9-13,15,20,29H,2-8,14H2,1H3,(H,31,32);8-13,18H,2-7,14-15H2,1H3,(H,28,29);5,7-8,12-14,18,20,25H,2-4,6,9-11,15H2,1H3,(H,27,28);9-12,14,17-18,25H,2-8,13H2,1H3,(H,27,28)/t15-,20?;18-;18-,20?;17-,18?/m0000/s1. The molecule has 0 saturated carbocycles. The highest BCUT2D eigenvalue weighted by Gasteiger charge is 2.43. The van der Waals surface area contributed by atoms with Gasteiger partial charge in [-0.3, -0.25) is 19.2 Å². The number of hydrogen-bond acceptors (Lipinski definition) is 16. The van der Waals surface area contributed by atoms with E-state index in [1.165, 1.54) is 80.7 Å². The van der Waals surface area contributed by atoms with Crippen LogP contribution in [0.25, 0.3) is 0 Å². The van der Waals surface area contributed by atoms with Gasteiger partial charge in [0.25, 0.3) is 5.92 Å².